The number of hydrogen-bond donors (Lipinski definition) is 1. The van der Waals surface area contributed by atoms with Crippen LogP contribution in [-0.2, 0) is 4.79 Å². The second kappa shape index (κ2) is 7.54. The first-order valence-electron chi connectivity index (χ1n) is 6.10. The third-order valence-corrected chi connectivity index (χ3v) is 3.22. The van der Waals surface area contributed by atoms with Crippen molar-refractivity contribution in [1.29, 1.82) is 0 Å². The molecule has 0 fully saturated rings. The van der Waals surface area contributed by atoms with Gasteiger partial charge in [0.15, 0.2) is 18.2 Å². The second-order valence-electron chi connectivity index (χ2n) is 4.03. The van der Waals surface area contributed by atoms with Gasteiger partial charge in [0, 0.05) is 10.0 Å². The lowest BCUT2D eigenvalue weighted by Gasteiger charge is -2.05. The molecule has 1 N–H and O–H groups in total. The fraction of sp³-hybridized carbons (Fsp3) is 0.0667. The molecular formula is C15H12BrFN2O2. The molecule has 0 heterocycles. The largest absolute Gasteiger partial charge is 0.481 e. The molecule has 0 atom stereocenters. The van der Waals surface area contributed by atoms with Crippen LogP contribution in [0.4, 0.5) is 4.39 Å². The Bertz CT molecular complexity index is 662. The third kappa shape index (κ3) is 4.68. The van der Waals surface area contributed by atoms with E-state index in [9.17, 15) is 9.18 Å². The van der Waals surface area contributed by atoms with Crippen molar-refractivity contribution >= 4 is 28.1 Å². The highest BCUT2D eigenvalue weighted by atomic mass is 79.9. The standard InChI is InChI=1S/C15H12BrFN2O2/c16-12-6-2-1-5-11(12)9-18-19-15(20)10-21-14-8-4-3-7-13(14)17/h1-9H,10H2,(H,19,20)/b18-9-. The van der Waals surface area contributed by atoms with E-state index in [2.05, 4.69) is 26.5 Å². The molecule has 1 amide bonds. The maximum absolute atomic E-state index is 13.3. The van der Waals surface area contributed by atoms with Gasteiger partial charge in [-0.25, -0.2) is 9.82 Å². The minimum Gasteiger partial charge on any atom is -0.481 e. The number of amides is 1. The van der Waals surface area contributed by atoms with E-state index in [-0.39, 0.29) is 12.4 Å². The van der Waals surface area contributed by atoms with Crippen LogP contribution < -0.4 is 10.2 Å². The van der Waals surface area contributed by atoms with Crippen LogP contribution in [0.15, 0.2) is 58.1 Å². The number of ether oxygens (including phenoxy) is 1. The van der Waals surface area contributed by atoms with Crippen molar-refractivity contribution in [2.24, 2.45) is 5.10 Å². The number of carbonyl (C=O) groups excluding carboxylic acids is 1. The van der Waals surface area contributed by atoms with Crippen molar-refractivity contribution in [3.05, 3.63) is 64.4 Å². The molecule has 4 nitrogen and oxygen atoms in total. The zero-order chi connectivity index (χ0) is 15.1. The predicted molar refractivity (Wildman–Crippen MR) is 81.8 cm³/mol. The Labute approximate surface area is 129 Å². The summed E-state index contributed by atoms with van der Waals surface area (Å²) in [6.45, 7) is -0.311. The van der Waals surface area contributed by atoms with Crippen molar-refractivity contribution in [1.82, 2.24) is 5.43 Å². The maximum atomic E-state index is 13.3. The van der Waals surface area contributed by atoms with Gasteiger partial charge < -0.3 is 4.74 Å². The molecule has 6 heteroatoms. The highest BCUT2D eigenvalue weighted by Crippen LogP contribution is 2.15. The van der Waals surface area contributed by atoms with Gasteiger partial charge in [-0.05, 0) is 18.2 Å². The molecule has 21 heavy (non-hydrogen) atoms. The summed E-state index contributed by atoms with van der Waals surface area (Å²) in [5, 5.41) is 3.81. The molecule has 0 aliphatic heterocycles. The SMILES string of the molecule is O=C(COc1ccccc1F)N/N=C\c1ccccc1Br. The van der Waals surface area contributed by atoms with Gasteiger partial charge in [0.05, 0.1) is 6.21 Å². The molecule has 108 valence electrons. The number of hydrazone groups is 1. The number of benzene rings is 2. The first-order chi connectivity index (χ1) is 10.2. The Kier molecular flexibility index (Phi) is 5.45. The van der Waals surface area contributed by atoms with Gasteiger partial charge in [-0.2, -0.15) is 5.10 Å². The van der Waals surface area contributed by atoms with Crippen molar-refractivity contribution in [2.75, 3.05) is 6.61 Å². The minimum absolute atomic E-state index is 0.0300. The summed E-state index contributed by atoms with van der Waals surface area (Å²) in [4.78, 5) is 11.5. The average Bonchev–Trinajstić information content (AvgIpc) is 2.48. The van der Waals surface area contributed by atoms with E-state index < -0.39 is 11.7 Å². The number of hydrogen-bond acceptors (Lipinski definition) is 3. The molecule has 2 aromatic carbocycles. The number of halogens is 2. The quantitative estimate of drug-likeness (QED) is 0.665. The lowest BCUT2D eigenvalue weighted by atomic mass is 10.2. The summed E-state index contributed by atoms with van der Waals surface area (Å²) in [5.74, 6) is -0.953. The lowest BCUT2D eigenvalue weighted by molar-refractivity contribution is -0.123. The van der Waals surface area contributed by atoms with Crippen molar-refractivity contribution in [3.63, 3.8) is 0 Å². The predicted octanol–water partition coefficient (Wildman–Crippen LogP) is 3.12. The zero-order valence-corrected chi connectivity index (χ0v) is 12.5. The third-order valence-electron chi connectivity index (χ3n) is 2.49. The zero-order valence-electron chi connectivity index (χ0n) is 10.9. The number of carbonyl (C=O) groups is 1. The van der Waals surface area contributed by atoms with Crippen LogP contribution in [0.2, 0.25) is 0 Å². The van der Waals surface area contributed by atoms with Crippen LogP contribution in [-0.4, -0.2) is 18.7 Å². The first kappa shape index (κ1) is 15.2. The van der Waals surface area contributed by atoms with Crippen LogP contribution in [0.25, 0.3) is 0 Å². The molecule has 0 unspecified atom stereocenters. The fourth-order valence-electron chi connectivity index (χ4n) is 1.49. The van der Waals surface area contributed by atoms with Gasteiger partial charge in [-0.15, -0.1) is 0 Å². The van der Waals surface area contributed by atoms with E-state index in [1.54, 1.807) is 12.1 Å². The number of nitrogens with zero attached hydrogens (tertiary/aromatic N) is 1. The monoisotopic (exact) mass is 350 g/mol. The van der Waals surface area contributed by atoms with Crippen molar-refractivity contribution < 1.29 is 13.9 Å². The normalized spacial score (nSPS) is 10.6. The van der Waals surface area contributed by atoms with Crippen LogP contribution in [0.5, 0.6) is 5.75 Å². The molecule has 2 aromatic rings. The summed E-state index contributed by atoms with van der Waals surface area (Å²) in [5.41, 5.74) is 3.14. The number of nitrogens with one attached hydrogen (secondary N) is 1. The molecule has 2 rings (SSSR count). The van der Waals surface area contributed by atoms with Crippen molar-refractivity contribution in [3.8, 4) is 5.75 Å². The molecule has 0 bridgehead atoms. The molecule has 0 radical (unpaired) electrons. The Morgan fingerprint density at radius 1 is 1.24 bits per heavy atom. The van der Waals surface area contributed by atoms with Crippen LogP contribution in [0, 0.1) is 5.82 Å². The smallest absolute Gasteiger partial charge is 0.277 e. The fourth-order valence-corrected chi connectivity index (χ4v) is 1.88. The van der Waals surface area contributed by atoms with Crippen LogP contribution >= 0.6 is 15.9 Å². The van der Waals surface area contributed by atoms with Gasteiger partial charge in [-0.1, -0.05) is 46.3 Å². The van der Waals surface area contributed by atoms with Gasteiger partial charge in [0.1, 0.15) is 0 Å². The van der Waals surface area contributed by atoms with Gasteiger partial charge in [0.25, 0.3) is 5.91 Å². The molecule has 0 saturated carbocycles. The Hall–Kier alpha value is -2.21. The lowest BCUT2D eigenvalue weighted by Crippen LogP contribution is -2.24. The van der Waals surface area contributed by atoms with E-state index in [4.69, 9.17) is 4.74 Å². The molecule has 0 aliphatic carbocycles. The van der Waals surface area contributed by atoms with E-state index in [0.29, 0.717) is 0 Å². The second-order valence-corrected chi connectivity index (χ2v) is 4.89. The van der Waals surface area contributed by atoms with E-state index >= 15 is 0 Å². The van der Waals surface area contributed by atoms with E-state index in [1.807, 2.05) is 24.3 Å². The molecule has 0 aromatic heterocycles. The molecular weight excluding hydrogens is 339 g/mol. The first-order valence-corrected chi connectivity index (χ1v) is 6.90. The number of rotatable bonds is 5. The van der Waals surface area contributed by atoms with Gasteiger partial charge in [-0.3, -0.25) is 4.79 Å². The Morgan fingerprint density at radius 2 is 1.95 bits per heavy atom. The Morgan fingerprint density at radius 3 is 2.71 bits per heavy atom. The molecule has 0 saturated heterocycles. The molecule has 0 spiro atoms. The van der Waals surface area contributed by atoms with Gasteiger partial charge >= 0.3 is 0 Å². The number of para-hydroxylation sites is 1. The molecule has 0 aliphatic rings. The van der Waals surface area contributed by atoms with Crippen LogP contribution in [0.3, 0.4) is 0 Å². The topological polar surface area (TPSA) is 50.7 Å². The van der Waals surface area contributed by atoms with Crippen LogP contribution in [0.1, 0.15) is 5.56 Å². The van der Waals surface area contributed by atoms with Gasteiger partial charge in [0.2, 0.25) is 0 Å². The summed E-state index contributed by atoms with van der Waals surface area (Å²) >= 11 is 3.36. The Balaban J connectivity index is 1.83. The average molecular weight is 351 g/mol. The highest BCUT2D eigenvalue weighted by Gasteiger charge is 2.05. The summed E-state index contributed by atoms with van der Waals surface area (Å²) in [7, 11) is 0. The van der Waals surface area contributed by atoms with Crippen molar-refractivity contribution in [2.45, 2.75) is 0 Å². The summed E-state index contributed by atoms with van der Waals surface area (Å²) < 4.78 is 19.2. The summed E-state index contributed by atoms with van der Waals surface area (Å²) in [6.07, 6.45) is 1.51. The maximum Gasteiger partial charge on any atom is 0.277 e. The highest BCUT2D eigenvalue weighted by molar-refractivity contribution is 9.10. The van der Waals surface area contributed by atoms with E-state index in [0.717, 1.165) is 10.0 Å². The summed E-state index contributed by atoms with van der Waals surface area (Å²) in [6, 6.07) is 13.3. The minimum atomic E-state index is -0.512. The van der Waals surface area contributed by atoms with E-state index in [1.165, 1.54) is 18.3 Å².